The van der Waals surface area contributed by atoms with Crippen molar-refractivity contribution in [2.45, 2.75) is 18.4 Å². The Morgan fingerprint density at radius 3 is 2.11 bits per heavy atom. The number of hydrogen-bond acceptors (Lipinski definition) is 7. The molecule has 11 heteroatoms. The maximum atomic E-state index is 12.7. The monoisotopic (exact) mass is 545 g/mol. The molecule has 0 unspecified atom stereocenters. The van der Waals surface area contributed by atoms with Gasteiger partial charge in [0.25, 0.3) is 0 Å². The first-order valence-electron chi connectivity index (χ1n) is 12.8. The van der Waals surface area contributed by atoms with Gasteiger partial charge in [0.15, 0.2) is 0 Å². The van der Waals surface area contributed by atoms with Gasteiger partial charge in [0.2, 0.25) is 22.3 Å². The van der Waals surface area contributed by atoms with Crippen LogP contribution in [0.25, 0.3) is 0 Å². The Labute approximate surface area is 226 Å². The molecule has 0 aliphatic carbocycles. The van der Waals surface area contributed by atoms with E-state index >= 15 is 0 Å². The molecule has 2 fully saturated rings. The second kappa shape index (κ2) is 14.2. The maximum Gasteiger partial charge on any atom is 0.243 e. The molecule has 0 aromatic heterocycles. The summed E-state index contributed by atoms with van der Waals surface area (Å²) in [7, 11) is 0.511. The van der Waals surface area contributed by atoms with Crippen molar-refractivity contribution < 1.29 is 22.7 Å². The number of carbonyl (C=O) groups excluding carboxylic acids is 2. The van der Waals surface area contributed by atoms with Crippen LogP contribution < -0.4 is 10.2 Å². The number of piperazine rings is 1. The van der Waals surface area contributed by atoms with Gasteiger partial charge < -0.3 is 19.9 Å². The summed E-state index contributed by atoms with van der Waals surface area (Å²) >= 11 is 0. The van der Waals surface area contributed by atoms with Gasteiger partial charge in [0, 0.05) is 65.6 Å². The van der Waals surface area contributed by atoms with Gasteiger partial charge in [0.1, 0.15) is 0 Å². The van der Waals surface area contributed by atoms with E-state index in [9.17, 15) is 18.0 Å². The van der Waals surface area contributed by atoms with E-state index in [0.717, 1.165) is 29.9 Å². The van der Waals surface area contributed by atoms with Crippen molar-refractivity contribution in [1.82, 2.24) is 19.4 Å². The fourth-order valence-electron chi connectivity index (χ4n) is 4.16. The smallest absolute Gasteiger partial charge is 0.243 e. The molecule has 0 saturated carbocycles. The molecule has 1 N–H and O–H groups in total. The lowest BCUT2D eigenvalue weighted by Gasteiger charge is -2.35. The number of amides is 2. The highest BCUT2D eigenvalue weighted by molar-refractivity contribution is 7.89. The second-order valence-corrected chi connectivity index (χ2v) is 11.5. The largest absolute Gasteiger partial charge is 0.379 e. The van der Waals surface area contributed by atoms with Crippen molar-refractivity contribution in [2.24, 2.45) is 0 Å². The number of nitrogens with zero attached hydrogens (tertiary/aromatic N) is 4. The predicted molar refractivity (Wildman–Crippen MR) is 147 cm³/mol. The van der Waals surface area contributed by atoms with Gasteiger partial charge >= 0.3 is 0 Å². The molecule has 38 heavy (non-hydrogen) atoms. The highest BCUT2D eigenvalue weighted by Crippen LogP contribution is 2.18. The second-order valence-electron chi connectivity index (χ2n) is 9.55. The Balaban J connectivity index is 0.000000260. The highest BCUT2D eigenvalue weighted by atomic mass is 32.2. The van der Waals surface area contributed by atoms with Gasteiger partial charge in [-0.25, -0.2) is 8.42 Å². The molecule has 2 amide bonds. The molecule has 2 heterocycles. The molecule has 208 valence electrons. The lowest BCUT2D eigenvalue weighted by atomic mass is 10.2. The van der Waals surface area contributed by atoms with Gasteiger partial charge in [-0.2, -0.15) is 4.31 Å². The molecule has 0 bridgehead atoms. The molecule has 0 radical (unpaired) electrons. The average molecular weight is 546 g/mol. The zero-order chi connectivity index (χ0) is 27.5. The minimum absolute atomic E-state index is 0.0642. The topological polar surface area (TPSA) is 102 Å². The Morgan fingerprint density at radius 2 is 1.55 bits per heavy atom. The van der Waals surface area contributed by atoms with Crippen molar-refractivity contribution in [1.29, 1.82) is 0 Å². The van der Waals surface area contributed by atoms with Crippen LogP contribution in [0.2, 0.25) is 0 Å². The normalized spacial score (nSPS) is 16.8. The molecule has 10 nitrogen and oxygen atoms in total. The molecular formula is C27H39N5O5S. The molecule has 0 atom stereocenters. The maximum absolute atomic E-state index is 12.7. The highest BCUT2D eigenvalue weighted by Gasteiger charge is 2.30. The number of ether oxygens (including phenoxy) is 1. The summed E-state index contributed by atoms with van der Waals surface area (Å²) in [5, 5.41) is 2.62. The van der Waals surface area contributed by atoms with Gasteiger partial charge in [0.05, 0.1) is 24.7 Å². The van der Waals surface area contributed by atoms with Crippen LogP contribution in [0.4, 0.5) is 5.69 Å². The van der Waals surface area contributed by atoms with Crippen molar-refractivity contribution in [3.8, 4) is 0 Å². The average Bonchev–Trinajstić information content (AvgIpc) is 2.93. The molecule has 0 spiro atoms. The third-order valence-corrected chi connectivity index (χ3v) is 8.47. The first-order valence-corrected chi connectivity index (χ1v) is 14.2. The van der Waals surface area contributed by atoms with Gasteiger partial charge in [-0.3, -0.25) is 14.5 Å². The Hall–Kier alpha value is -2.99. The summed E-state index contributed by atoms with van der Waals surface area (Å²) in [5.41, 5.74) is 3.30. The zero-order valence-corrected chi connectivity index (χ0v) is 23.3. The van der Waals surface area contributed by atoms with E-state index in [0.29, 0.717) is 63.8 Å². The Morgan fingerprint density at radius 1 is 0.947 bits per heavy atom. The Bertz CT molecular complexity index is 1130. The summed E-state index contributed by atoms with van der Waals surface area (Å²) in [6.45, 7) is 7.33. The number of rotatable bonds is 8. The minimum atomic E-state index is -3.49. The first kappa shape index (κ1) is 29.6. The van der Waals surface area contributed by atoms with Crippen LogP contribution >= 0.6 is 0 Å². The van der Waals surface area contributed by atoms with Crippen molar-refractivity contribution >= 4 is 28.0 Å². The van der Waals surface area contributed by atoms with E-state index in [1.165, 1.54) is 4.31 Å². The number of anilines is 1. The first-order chi connectivity index (χ1) is 18.2. The Kier molecular flexibility index (Phi) is 11.1. The van der Waals surface area contributed by atoms with E-state index < -0.39 is 10.0 Å². The predicted octanol–water partition coefficient (Wildman–Crippen LogP) is 1.16. The van der Waals surface area contributed by atoms with Gasteiger partial charge in [-0.1, -0.05) is 29.8 Å². The van der Waals surface area contributed by atoms with Crippen molar-refractivity contribution in [2.75, 3.05) is 78.0 Å². The molecule has 2 aromatic carbocycles. The van der Waals surface area contributed by atoms with Crippen LogP contribution in [0.1, 0.15) is 11.1 Å². The number of morpholine rings is 1. The molecule has 2 aliphatic heterocycles. The van der Waals surface area contributed by atoms with Crippen LogP contribution in [0.3, 0.4) is 0 Å². The quantitative estimate of drug-likeness (QED) is 0.497. The summed E-state index contributed by atoms with van der Waals surface area (Å²) in [4.78, 5) is 28.6. The van der Waals surface area contributed by atoms with E-state index in [4.69, 9.17) is 4.74 Å². The molecule has 4 rings (SSSR count). The van der Waals surface area contributed by atoms with E-state index in [1.54, 1.807) is 29.2 Å². The molecule has 2 aromatic rings. The molecule has 2 aliphatic rings. The van der Waals surface area contributed by atoms with Crippen molar-refractivity contribution in [3.63, 3.8) is 0 Å². The fourth-order valence-corrected chi connectivity index (χ4v) is 5.58. The lowest BCUT2D eigenvalue weighted by Crippen LogP contribution is -2.53. The van der Waals surface area contributed by atoms with E-state index in [-0.39, 0.29) is 5.91 Å². The summed E-state index contributed by atoms with van der Waals surface area (Å²) in [5.74, 6) is 0.0642. The SMILES string of the molecule is CN(C)c1ccc(CNC=O)cc1.Cc1ccc(S(=O)(=O)N2CCN(C(=O)CN3CCOCC3)CC2)cc1. The number of carbonyl (C=O) groups is 2. The fraction of sp³-hybridized carbons (Fsp3) is 0.481. The zero-order valence-electron chi connectivity index (χ0n) is 22.5. The standard InChI is InChI=1S/C17H25N3O4S.C10H14N2O/c1-15-2-4-16(5-3-15)25(22,23)20-8-6-19(7-9-20)17(21)14-18-10-12-24-13-11-18;1-12(2)10-5-3-9(4-6-10)7-11-8-13/h2-5H,6-14H2,1H3;3-6,8H,7H2,1-2H3,(H,11,13). The van der Waals surface area contributed by atoms with Crippen molar-refractivity contribution in [3.05, 3.63) is 59.7 Å². The van der Waals surface area contributed by atoms with Crippen LogP contribution in [0.15, 0.2) is 53.4 Å². The van der Waals surface area contributed by atoms with Crippen LogP contribution in [0, 0.1) is 6.92 Å². The number of hydrogen-bond donors (Lipinski definition) is 1. The van der Waals surface area contributed by atoms with E-state index in [1.807, 2.05) is 50.2 Å². The molecule has 2 saturated heterocycles. The number of benzene rings is 2. The third kappa shape index (κ3) is 8.52. The minimum Gasteiger partial charge on any atom is -0.379 e. The lowest BCUT2D eigenvalue weighted by molar-refractivity contribution is -0.134. The van der Waals surface area contributed by atoms with Crippen LogP contribution in [0.5, 0.6) is 0 Å². The summed E-state index contributed by atoms with van der Waals surface area (Å²) in [6.07, 6.45) is 0.708. The van der Waals surface area contributed by atoms with Crippen LogP contribution in [-0.2, 0) is 30.9 Å². The number of sulfonamides is 1. The number of aryl methyl sites for hydroxylation is 1. The van der Waals surface area contributed by atoms with Crippen LogP contribution in [-0.4, -0.2) is 108 Å². The molecular weight excluding hydrogens is 506 g/mol. The summed E-state index contributed by atoms with van der Waals surface area (Å²) < 4.78 is 32.1. The third-order valence-electron chi connectivity index (χ3n) is 6.55. The summed E-state index contributed by atoms with van der Waals surface area (Å²) in [6, 6.07) is 15.0. The van der Waals surface area contributed by atoms with Gasteiger partial charge in [-0.15, -0.1) is 0 Å². The van der Waals surface area contributed by atoms with E-state index in [2.05, 4.69) is 10.2 Å². The van der Waals surface area contributed by atoms with Gasteiger partial charge in [-0.05, 0) is 36.8 Å². The number of nitrogens with one attached hydrogen (secondary N) is 1.